The summed E-state index contributed by atoms with van der Waals surface area (Å²) in [5.41, 5.74) is 5.78. The van der Waals surface area contributed by atoms with Gasteiger partial charge in [0.1, 0.15) is 0 Å². The fourth-order valence-electron chi connectivity index (χ4n) is 2.55. The topological polar surface area (TPSA) is 55.6 Å². The van der Waals surface area contributed by atoms with E-state index in [0.717, 1.165) is 19.5 Å². The Kier molecular flexibility index (Phi) is 4.44. The maximum absolute atomic E-state index is 12.4. The van der Waals surface area contributed by atoms with Gasteiger partial charge in [-0.1, -0.05) is 13.8 Å². The van der Waals surface area contributed by atoms with E-state index >= 15 is 0 Å². The molecule has 5 heteroatoms. The van der Waals surface area contributed by atoms with Crippen LogP contribution in [0.2, 0.25) is 0 Å². The van der Waals surface area contributed by atoms with Gasteiger partial charge < -0.3 is 15.4 Å². The Morgan fingerprint density at radius 1 is 1.24 bits per heavy atom. The largest absolute Gasteiger partial charge is 0.381 e. The van der Waals surface area contributed by atoms with E-state index in [-0.39, 0.29) is 23.7 Å². The minimum absolute atomic E-state index is 0. The fraction of sp³-hybridized carbons (Fsp3) is 0.917. The number of nitrogens with zero attached hydrogens (tertiary/aromatic N) is 1. The highest BCUT2D eigenvalue weighted by Gasteiger charge is 2.42. The SMILES string of the molecule is CC1(C)CCN(C(=O)C2(N)CCOCC2)C1.Cl. The summed E-state index contributed by atoms with van der Waals surface area (Å²) in [5, 5.41) is 0. The summed E-state index contributed by atoms with van der Waals surface area (Å²) < 4.78 is 5.27. The Labute approximate surface area is 109 Å². The van der Waals surface area contributed by atoms with Crippen LogP contribution in [-0.2, 0) is 9.53 Å². The summed E-state index contributed by atoms with van der Waals surface area (Å²) in [5.74, 6) is 0.126. The molecule has 0 atom stereocenters. The number of rotatable bonds is 1. The molecule has 2 aliphatic rings. The van der Waals surface area contributed by atoms with E-state index in [1.165, 1.54) is 0 Å². The molecule has 0 saturated carbocycles. The molecule has 0 aliphatic carbocycles. The average Bonchev–Trinajstić information content (AvgIpc) is 2.59. The van der Waals surface area contributed by atoms with Crippen molar-refractivity contribution in [2.24, 2.45) is 11.1 Å². The third-order valence-electron chi connectivity index (χ3n) is 3.78. The molecule has 2 saturated heterocycles. The molecule has 2 aliphatic heterocycles. The number of ether oxygens (including phenoxy) is 1. The number of hydrogen-bond donors (Lipinski definition) is 1. The summed E-state index contributed by atoms with van der Waals surface area (Å²) in [6.45, 7) is 7.32. The summed E-state index contributed by atoms with van der Waals surface area (Å²) in [6.07, 6.45) is 2.39. The van der Waals surface area contributed by atoms with E-state index in [9.17, 15) is 4.79 Å². The second-order valence-corrected chi connectivity index (χ2v) is 5.91. The van der Waals surface area contributed by atoms with Gasteiger partial charge in [0, 0.05) is 26.3 Å². The second-order valence-electron chi connectivity index (χ2n) is 5.91. The summed E-state index contributed by atoms with van der Waals surface area (Å²) in [7, 11) is 0. The highest BCUT2D eigenvalue weighted by Crippen LogP contribution is 2.31. The van der Waals surface area contributed by atoms with Crippen LogP contribution >= 0.6 is 12.4 Å². The molecule has 0 aromatic heterocycles. The van der Waals surface area contributed by atoms with E-state index in [4.69, 9.17) is 10.5 Å². The van der Waals surface area contributed by atoms with Crippen LogP contribution in [0.15, 0.2) is 0 Å². The zero-order chi connectivity index (χ0) is 11.8. The predicted molar refractivity (Wildman–Crippen MR) is 69.2 cm³/mol. The molecular formula is C12H23ClN2O2. The van der Waals surface area contributed by atoms with Crippen molar-refractivity contribution in [3.8, 4) is 0 Å². The van der Waals surface area contributed by atoms with Crippen LogP contribution in [0.5, 0.6) is 0 Å². The molecule has 100 valence electrons. The van der Waals surface area contributed by atoms with Crippen molar-refractivity contribution in [1.29, 1.82) is 0 Å². The normalized spacial score (nSPS) is 26.4. The van der Waals surface area contributed by atoms with Crippen LogP contribution in [0.25, 0.3) is 0 Å². The lowest BCUT2D eigenvalue weighted by molar-refractivity contribution is -0.139. The van der Waals surface area contributed by atoms with Crippen LogP contribution in [0.3, 0.4) is 0 Å². The summed E-state index contributed by atoms with van der Waals surface area (Å²) in [6, 6.07) is 0. The van der Waals surface area contributed by atoms with E-state index in [2.05, 4.69) is 13.8 Å². The fourth-order valence-corrected chi connectivity index (χ4v) is 2.55. The molecule has 2 N–H and O–H groups in total. The lowest BCUT2D eigenvalue weighted by Crippen LogP contribution is -2.57. The smallest absolute Gasteiger partial charge is 0.242 e. The molecule has 1 amide bonds. The van der Waals surface area contributed by atoms with Crippen LogP contribution in [0, 0.1) is 5.41 Å². The Hall–Kier alpha value is -0.320. The first-order valence-corrected chi connectivity index (χ1v) is 6.09. The molecule has 2 heterocycles. The predicted octanol–water partition coefficient (Wildman–Crippen LogP) is 1.17. The first kappa shape index (κ1) is 14.7. The molecular weight excluding hydrogens is 240 g/mol. The zero-order valence-corrected chi connectivity index (χ0v) is 11.5. The number of hydrogen-bond acceptors (Lipinski definition) is 3. The van der Waals surface area contributed by atoms with E-state index in [0.29, 0.717) is 26.1 Å². The third-order valence-corrected chi connectivity index (χ3v) is 3.78. The van der Waals surface area contributed by atoms with Gasteiger partial charge in [-0.05, 0) is 24.7 Å². The zero-order valence-electron chi connectivity index (χ0n) is 10.7. The number of likely N-dealkylation sites (tertiary alicyclic amines) is 1. The molecule has 2 fully saturated rings. The van der Waals surface area contributed by atoms with Gasteiger partial charge in [-0.2, -0.15) is 0 Å². The van der Waals surface area contributed by atoms with Gasteiger partial charge in [0.25, 0.3) is 0 Å². The first-order chi connectivity index (χ1) is 7.43. The highest BCUT2D eigenvalue weighted by atomic mass is 35.5. The highest BCUT2D eigenvalue weighted by molar-refractivity contribution is 5.86. The lowest BCUT2D eigenvalue weighted by atomic mass is 9.89. The molecule has 0 spiro atoms. The van der Waals surface area contributed by atoms with Crippen LogP contribution in [0.4, 0.5) is 0 Å². The molecule has 0 bridgehead atoms. The minimum Gasteiger partial charge on any atom is -0.381 e. The summed E-state index contributed by atoms with van der Waals surface area (Å²) >= 11 is 0. The number of carbonyl (C=O) groups is 1. The van der Waals surface area contributed by atoms with Crippen molar-refractivity contribution in [2.45, 2.75) is 38.6 Å². The minimum atomic E-state index is -0.668. The Bertz CT molecular complexity index is 288. The Balaban J connectivity index is 0.00000144. The first-order valence-electron chi connectivity index (χ1n) is 6.09. The second kappa shape index (κ2) is 5.12. The summed E-state index contributed by atoms with van der Waals surface area (Å²) in [4.78, 5) is 14.3. The van der Waals surface area contributed by atoms with Gasteiger partial charge in [-0.3, -0.25) is 4.79 Å². The van der Waals surface area contributed by atoms with Gasteiger partial charge in [0.05, 0.1) is 5.54 Å². The van der Waals surface area contributed by atoms with Gasteiger partial charge in [-0.15, -0.1) is 12.4 Å². The van der Waals surface area contributed by atoms with Crippen LogP contribution in [-0.4, -0.2) is 42.6 Å². The quantitative estimate of drug-likeness (QED) is 0.772. The molecule has 4 nitrogen and oxygen atoms in total. The van der Waals surface area contributed by atoms with Crippen LogP contribution < -0.4 is 5.73 Å². The van der Waals surface area contributed by atoms with Crippen molar-refractivity contribution in [2.75, 3.05) is 26.3 Å². The molecule has 0 aromatic rings. The molecule has 0 aromatic carbocycles. The number of nitrogens with two attached hydrogens (primary N) is 1. The molecule has 17 heavy (non-hydrogen) atoms. The third kappa shape index (κ3) is 3.12. The Morgan fingerprint density at radius 2 is 1.82 bits per heavy atom. The van der Waals surface area contributed by atoms with E-state index in [1.54, 1.807) is 0 Å². The van der Waals surface area contributed by atoms with Crippen molar-refractivity contribution in [1.82, 2.24) is 4.90 Å². The number of halogens is 1. The van der Waals surface area contributed by atoms with Gasteiger partial charge in [-0.25, -0.2) is 0 Å². The molecule has 2 rings (SSSR count). The van der Waals surface area contributed by atoms with Crippen molar-refractivity contribution >= 4 is 18.3 Å². The van der Waals surface area contributed by atoms with Crippen molar-refractivity contribution in [3.05, 3.63) is 0 Å². The van der Waals surface area contributed by atoms with E-state index < -0.39 is 5.54 Å². The maximum atomic E-state index is 12.4. The monoisotopic (exact) mass is 262 g/mol. The van der Waals surface area contributed by atoms with E-state index in [1.807, 2.05) is 4.90 Å². The van der Waals surface area contributed by atoms with Crippen molar-refractivity contribution < 1.29 is 9.53 Å². The standard InChI is InChI=1S/C12H22N2O2.ClH/c1-11(2)3-6-14(9-11)10(15)12(13)4-7-16-8-5-12;/h3-9,13H2,1-2H3;1H. The maximum Gasteiger partial charge on any atom is 0.242 e. The average molecular weight is 263 g/mol. The Morgan fingerprint density at radius 3 is 2.29 bits per heavy atom. The van der Waals surface area contributed by atoms with Crippen LogP contribution in [0.1, 0.15) is 33.1 Å². The van der Waals surface area contributed by atoms with Gasteiger partial charge >= 0.3 is 0 Å². The lowest BCUT2D eigenvalue weighted by Gasteiger charge is -2.35. The van der Waals surface area contributed by atoms with Gasteiger partial charge in [0.15, 0.2) is 0 Å². The number of carbonyl (C=O) groups excluding carboxylic acids is 1. The van der Waals surface area contributed by atoms with Gasteiger partial charge in [0.2, 0.25) is 5.91 Å². The number of amides is 1. The van der Waals surface area contributed by atoms with Crippen molar-refractivity contribution in [3.63, 3.8) is 0 Å². The molecule has 0 unspecified atom stereocenters. The molecule has 0 radical (unpaired) electrons.